The second kappa shape index (κ2) is 10.7. The van der Waals surface area contributed by atoms with E-state index in [0.29, 0.717) is 24.3 Å². The minimum Gasteiger partial charge on any atom is -0.495 e. The molecule has 10 heteroatoms. The van der Waals surface area contributed by atoms with Gasteiger partial charge in [0.15, 0.2) is 0 Å². The number of hydrogen-bond donors (Lipinski definition) is 1. The molecule has 3 aromatic rings. The summed E-state index contributed by atoms with van der Waals surface area (Å²) in [5.41, 5.74) is 3.22. The van der Waals surface area contributed by atoms with E-state index >= 15 is 0 Å². The first-order chi connectivity index (χ1) is 17.9. The molecule has 5 rings (SSSR count). The number of aryl methyl sites for hydroxylation is 1. The van der Waals surface area contributed by atoms with Gasteiger partial charge in [-0.3, -0.25) is 24.4 Å². The van der Waals surface area contributed by atoms with Crippen molar-refractivity contribution in [3.8, 4) is 5.75 Å². The van der Waals surface area contributed by atoms with Gasteiger partial charge in [0.05, 0.1) is 18.5 Å². The van der Waals surface area contributed by atoms with Gasteiger partial charge in [-0.05, 0) is 54.3 Å². The summed E-state index contributed by atoms with van der Waals surface area (Å²) in [7, 11) is -2.47. The number of hydrogen-bond acceptors (Lipinski definition) is 7. The van der Waals surface area contributed by atoms with Gasteiger partial charge in [0.2, 0.25) is 0 Å². The number of benzene rings is 2. The number of aromatic nitrogens is 1. The molecule has 1 saturated heterocycles. The largest absolute Gasteiger partial charge is 0.495 e. The van der Waals surface area contributed by atoms with Crippen molar-refractivity contribution in [2.45, 2.75) is 24.3 Å². The van der Waals surface area contributed by atoms with Crippen LogP contribution in [0.3, 0.4) is 0 Å². The number of aliphatic imine (C=N–C) groups is 1. The van der Waals surface area contributed by atoms with Gasteiger partial charge in [0.1, 0.15) is 10.6 Å². The molecule has 2 aliphatic heterocycles. The minimum absolute atomic E-state index is 0.111. The highest BCUT2D eigenvalue weighted by Gasteiger charge is 2.25. The average Bonchev–Trinajstić information content (AvgIpc) is 2.93. The van der Waals surface area contributed by atoms with Crippen molar-refractivity contribution < 1.29 is 17.9 Å². The summed E-state index contributed by atoms with van der Waals surface area (Å²) in [5, 5.41) is 0. The van der Waals surface area contributed by atoms with Crippen LogP contribution in [0.5, 0.6) is 5.75 Å². The lowest BCUT2D eigenvalue weighted by Gasteiger charge is -2.34. The van der Waals surface area contributed by atoms with E-state index in [0.717, 1.165) is 43.6 Å². The van der Waals surface area contributed by atoms with Crippen molar-refractivity contribution in [3.05, 3.63) is 77.6 Å². The van der Waals surface area contributed by atoms with E-state index in [1.165, 1.54) is 7.11 Å². The molecule has 9 nitrogen and oxygen atoms in total. The van der Waals surface area contributed by atoms with Crippen LogP contribution in [0.1, 0.15) is 27.9 Å². The van der Waals surface area contributed by atoms with E-state index in [-0.39, 0.29) is 22.2 Å². The first-order valence-electron chi connectivity index (χ1n) is 12.2. The Morgan fingerprint density at radius 2 is 1.92 bits per heavy atom. The Kier molecular flexibility index (Phi) is 7.20. The second-order valence-electron chi connectivity index (χ2n) is 9.06. The van der Waals surface area contributed by atoms with Crippen LogP contribution >= 0.6 is 0 Å². The summed E-state index contributed by atoms with van der Waals surface area (Å²) in [6.45, 7) is 3.54. The summed E-state index contributed by atoms with van der Waals surface area (Å²) >= 11 is 0. The van der Waals surface area contributed by atoms with E-state index in [1.807, 2.05) is 29.3 Å². The predicted octanol–water partition coefficient (Wildman–Crippen LogP) is 3.50. The number of amides is 1. The predicted molar refractivity (Wildman–Crippen MR) is 142 cm³/mol. The maximum absolute atomic E-state index is 13.2. The number of sulfonamides is 1. The van der Waals surface area contributed by atoms with Gasteiger partial charge in [-0.1, -0.05) is 18.2 Å². The standard InChI is InChI=1S/C27H29N5O4S/c1-36-24-17-22(27(33)32-15-13-31(14-16-32)19-20-5-3-11-28-18-20)9-10-23(24)30-37(34,35)25-8-2-6-21-7-4-12-29-26(21)25/h2-3,5-6,8-12,17-18,30H,4,7,13-16,19H2,1H3. The topological polar surface area (TPSA) is 104 Å². The van der Waals surface area contributed by atoms with E-state index in [1.54, 1.807) is 42.7 Å². The maximum atomic E-state index is 13.2. The highest BCUT2D eigenvalue weighted by molar-refractivity contribution is 7.92. The summed E-state index contributed by atoms with van der Waals surface area (Å²) in [5.74, 6) is 0.165. The lowest BCUT2D eigenvalue weighted by Crippen LogP contribution is -2.48. The van der Waals surface area contributed by atoms with Gasteiger partial charge < -0.3 is 9.64 Å². The van der Waals surface area contributed by atoms with Gasteiger partial charge in [-0.15, -0.1) is 0 Å². The fourth-order valence-electron chi connectivity index (χ4n) is 4.66. The number of nitrogens with zero attached hydrogens (tertiary/aromatic N) is 4. The molecule has 0 atom stereocenters. The SMILES string of the molecule is COc1cc(C(=O)N2CCN(Cc3cccnc3)CC2)ccc1NS(=O)(=O)c1cccc2c1N=CCC2. The highest BCUT2D eigenvalue weighted by Crippen LogP contribution is 2.34. The molecular formula is C27H29N5O4S. The fraction of sp³-hybridized carbons (Fsp3) is 0.296. The molecule has 0 saturated carbocycles. The number of pyridine rings is 1. The molecule has 1 N–H and O–H groups in total. The van der Waals surface area contributed by atoms with E-state index in [9.17, 15) is 13.2 Å². The van der Waals surface area contributed by atoms with Crippen molar-refractivity contribution in [1.82, 2.24) is 14.8 Å². The van der Waals surface area contributed by atoms with Crippen LogP contribution in [0.2, 0.25) is 0 Å². The van der Waals surface area contributed by atoms with E-state index < -0.39 is 10.0 Å². The molecule has 37 heavy (non-hydrogen) atoms. The lowest BCUT2D eigenvalue weighted by atomic mass is 10.1. The second-order valence-corrected chi connectivity index (χ2v) is 10.7. The van der Waals surface area contributed by atoms with Crippen LogP contribution in [0.15, 0.2) is 70.8 Å². The molecule has 0 unspecified atom stereocenters. The van der Waals surface area contributed by atoms with Crippen molar-refractivity contribution in [2.75, 3.05) is 38.0 Å². The van der Waals surface area contributed by atoms with Crippen LogP contribution in [-0.2, 0) is 23.0 Å². The third-order valence-electron chi connectivity index (χ3n) is 6.62. The molecule has 1 aromatic heterocycles. The Hall–Kier alpha value is -3.76. The van der Waals surface area contributed by atoms with E-state index in [4.69, 9.17) is 4.74 Å². The number of methoxy groups -OCH3 is 1. The molecule has 0 aliphatic carbocycles. The van der Waals surface area contributed by atoms with Crippen LogP contribution < -0.4 is 9.46 Å². The number of piperazine rings is 1. The van der Waals surface area contributed by atoms with Crippen LogP contribution in [0.4, 0.5) is 11.4 Å². The molecule has 0 radical (unpaired) electrons. The average molecular weight is 520 g/mol. The quantitative estimate of drug-likeness (QED) is 0.513. The fourth-order valence-corrected chi connectivity index (χ4v) is 5.92. The number of nitrogens with one attached hydrogen (secondary N) is 1. The number of carbonyl (C=O) groups is 1. The highest BCUT2D eigenvalue weighted by atomic mass is 32.2. The van der Waals surface area contributed by atoms with Gasteiger partial charge in [0, 0.05) is 56.9 Å². The number of anilines is 1. The lowest BCUT2D eigenvalue weighted by molar-refractivity contribution is 0.0628. The van der Waals surface area contributed by atoms with Gasteiger partial charge in [0.25, 0.3) is 15.9 Å². The van der Waals surface area contributed by atoms with Crippen molar-refractivity contribution in [2.24, 2.45) is 4.99 Å². The molecule has 1 fully saturated rings. The zero-order valence-corrected chi connectivity index (χ0v) is 21.4. The van der Waals surface area contributed by atoms with Gasteiger partial charge in [-0.25, -0.2) is 8.42 Å². The molecule has 1 amide bonds. The molecule has 0 bridgehead atoms. The summed E-state index contributed by atoms with van der Waals surface area (Å²) in [4.78, 5) is 25.9. The Morgan fingerprint density at radius 3 is 2.68 bits per heavy atom. The molecule has 3 heterocycles. The Balaban J connectivity index is 1.28. The summed E-state index contributed by atoms with van der Waals surface area (Å²) < 4.78 is 34.6. The Morgan fingerprint density at radius 1 is 1.08 bits per heavy atom. The molecule has 2 aromatic carbocycles. The summed E-state index contributed by atoms with van der Waals surface area (Å²) in [6.07, 6.45) is 6.89. The first kappa shape index (κ1) is 24.9. The smallest absolute Gasteiger partial charge is 0.264 e. The number of rotatable bonds is 7. The zero-order chi connectivity index (χ0) is 25.8. The Bertz CT molecular complexity index is 1420. The minimum atomic E-state index is -3.92. The molecule has 0 spiro atoms. The molecular weight excluding hydrogens is 490 g/mol. The van der Waals surface area contributed by atoms with Crippen LogP contribution in [0.25, 0.3) is 0 Å². The van der Waals surface area contributed by atoms with Gasteiger partial charge >= 0.3 is 0 Å². The van der Waals surface area contributed by atoms with Gasteiger partial charge in [-0.2, -0.15) is 0 Å². The van der Waals surface area contributed by atoms with Crippen LogP contribution in [0, 0.1) is 0 Å². The monoisotopic (exact) mass is 519 g/mol. The van der Waals surface area contributed by atoms with Crippen molar-refractivity contribution >= 4 is 33.5 Å². The van der Waals surface area contributed by atoms with Crippen LogP contribution in [-0.4, -0.2) is 68.6 Å². The van der Waals surface area contributed by atoms with Crippen molar-refractivity contribution in [3.63, 3.8) is 0 Å². The maximum Gasteiger partial charge on any atom is 0.264 e. The third kappa shape index (κ3) is 5.50. The normalized spacial score (nSPS) is 15.8. The molecule has 192 valence electrons. The number of fused-ring (bicyclic) bond motifs is 1. The van der Waals surface area contributed by atoms with E-state index in [2.05, 4.69) is 19.6 Å². The Labute approximate surface area is 216 Å². The first-order valence-corrected chi connectivity index (χ1v) is 13.7. The third-order valence-corrected chi connectivity index (χ3v) is 8.01. The zero-order valence-electron chi connectivity index (χ0n) is 20.6. The van der Waals surface area contributed by atoms with Crippen molar-refractivity contribution in [1.29, 1.82) is 0 Å². The number of para-hydroxylation sites is 1. The number of carbonyl (C=O) groups excluding carboxylic acids is 1. The summed E-state index contributed by atoms with van der Waals surface area (Å²) in [6, 6.07) is 13.9. The number of ether oxygens (including phenoxy) is 1. The molecule has 2 aliphatic rings.